The van der Waals surface area contributed by atoms with Gasteiger partial charge in [0.05, 0.1) is 23.3 Å². The van der Waals surface area contributed by atoms with Gasteiger partial charge in [0.2, 0.25) is 0 Å². The maximum atomic E-state index is 12.8. The van der Waals surface area contributed by atoms with Gasteiger partial charge in [-0.15, -0.1) is 24.8 Å². The number of phenolic OH excluding ortho intramolecular Hbond substituents is 1. The number of halogens is 2. The zero-order chi connectivity index (χ0) is 19.6. The van der Waals surface area contributed by atoms with Crippen LogP contribution in [-0.2, 0) is 24.9 Å². The van der Waals surface area contributed by atoms with Crippen LogP contribution in [-0.4, -0.2) is 60.2 Å². The number of aryl methyl sites for hydroxylation is 1. The van der Waals surface area contributed by atoms with E-state index in [1.54, 1.807) is 13.0 Å². The first-order chi connectivity index (χ1) is 12.2. The summed E-state index contributed by atoms with van der Waals surface area (Å²) in [5.74, 6) is -0.500. The lowest BCUT2D eigenvalue weighted by atomic mass is 10.00. The fraction of sp³-hybridized carbons (Fsp3) is 0.474. The molecule has 7 nitrogen and oxygen atoms in total. The van der Waals surface area contributed by atoms with E-state index >= 15 is 0 Å². The molecule has 0 amide bonds. The molecule has 1 N–H and O–H groups in total. The minimum Gasteiger partial charge on any atom is -0.506 e. The molecule has 0 aliphatic heterocycles. The van der Waals surface area contributed by atoms with Gasteiger partial charge in [0.25, 0.3) is 0 Å². The number of phenols is 1. The van der Waals surface area contributed by atoms with Crippen LogP contribution < -0.4 is 0 Å². The van der Waals surface area contributed by atoms with Gasteiger partial charge in [-0.25, -0.2) is 4.79 Å². The second kappa shape index (κ2) is 10.5. The minimum atomic E-state index is -0.418. The molecule has 1 aromatic heterocycles. The van der Waals surface area contributed by atoms with Crippen molar-refractivity contribution < 1.29 is 14.6 Å². The average Bonchev–Trinajstić information content (AvgIpc) is 2.82. The second-order valence-electron chi connectivity index (χ2n) is 6.83. The summed E-state index contributed by atoms with van der Waals surface area (Å²) in [7, 11) is 9.45. The molecule has 0 aliphatic rings. The van der Waals surface area contributed by atoms with E-state index < -0.39 is 5.97 Å². The molecule has 0 radical (unpaired) electrons. The van der Waals surface area contributed by atoms with Gasteiger partial charge in [-0.1, -0.05) is 0 Å². The number of aromatic nitrogens is 1. The van der Waals surface area contributed by atoms with Gasteiger partial charge in [-0.3, -0.25) is 0 Å². The van der Waals surface area contributed by atoms with Gasteiger partial charge in [0, 0.05) is 36.8 Å². The highest BCUT2D eigenvalue weighted by molar-refractivity contribution is 6.08. The van der Waals surface area contributed by atoms with E-state index in [9.17, 15) is 15.2 Å². The molecule has 0 aliphatic carbocycles. The summed E-state index contributed by atoms with van der Waals surface area (Å²) in [6.45, 7) is 2.96. The van der Waals surface area contributed by atoms with E-state index in [-0.39, 0.29) is 42.7 Å². The van der Waals surface area contributed by atoms with Crippen molar-refractivity contribution in [2.45, 2.75) is 20.0 Å². The Morgan fingerprint density at radius 3 is 2.25 bits per heavy atom. The number of benzene rings is 1. The highest BCUT2D eigenvalue weighted by atomic mass is 35.5. The summed E-state index contributed by atoms with van der Waals surface area (Å²) >= 11 is 0. The Kier molecular flexibility index (Phi) is 9.79. The molecule has 9 heteroatoms. The summed E-state index contributed by atoms with van der Waals surface area (Å²) in [6.07, 6.45) is 0. The maximum Gasteiger partial charge on any atom is 0.340 e. The number of esters is 1. The molecule has 2 aromatic rings. The van der Waals surface area contributed by atoms with Crippen molar-refractivity contribution in [1.82, 2.24) is 14.4 Å². The first-order valence-electron chi connectivity index (χ1n) is 8.45. The van der Waals surface area contributed by atoms with Crippen molar-refractivity contribution in [1.29, 1.82) is 5.26 Å². The number of fused-ring (bicyclic) bond motifs is 1. The van der Waals surface area contributed by atoms with Gasteiger partial charge in [-0.05, 0) is 41.2 Å². The Labute approximate surface area is 178 Å². The summed E-state index contributed by atoms with van der Waals surface area (Å²) in [5.41, 5.74) is 2.73. The number of carbonyl (C=O) groups excluding carboxylic acids is 1. The third kappa shape index (κ3) is 4.89. The van der Waals surface area contributed by atoms with E-state index in [4.69, 9.17) is 4.74 Å². The summed E-state index contributed by atoms with van der Waals surface area (Å²) in [4.78, 5) is 16.6. The Balaban J connectivity index is 0.00000364. The molecule has 0 unspecified atom stereocenters. The molecule has 0 spiro atoms. The molecule has 2 rings (SSSR count). The molecular weight excluding hydrogens is 403 g/mol. The van der Waals surface area contributed by atoms with Gasteiger partial charge in [0.15, 0.2) is 0 Å². The van der Waals surface area contributed by atoms with E-state index in [2.05, 4.69) is 0 Å². The van der Waals surface area contributed by atoms with Crippen LogP contribution in [0.4, 0.5) is 0 Å². The predicted octanol–water partition coefficient (Wildman–Crippen LogP) is 2.90. The standard InChI is InChI=1S/C19H26N4O3.2ClH/c1-7-26-19(25)17-15(11-22(4)5)23(6)14-8-12(9-20)18(24)13(16(14)17)10-21(2)3;;/h8,24H,7,10-11H2,1-6H3;2*1H. The van der Waals surface area contributed by atoms with Gasteiger partial charge in [0.1, 0.15) is 11.8 Å². The molecular formula is C19H28Cl2N4O3. The quantitative estimate of drug-likeness (QED) is 0.709. The minimum absolute atomic E-state index is 0. The lowest BCUT2D eigenvalue weighted by Gasteiger charge is -2.15. The normalized spacial score (nSPS) is 10.5. The topological polar surface area (TPSA) is 81.7 Å². The lowest BCUT2D eigenvalue weighted by molar-refractivity contribution is 0.0526. The maximum absolute atomic E-state index is 12.8. The van der Waals surface area contributed by atoms with Crippen LogP contribution >= 0.6 is 24.8 Å². The molecule has 0 atom stereocenters. The van der Waals surface area contributed by atoms with Crippen molar-refractivity contribution in [3.63, 3.8) is 0 Å². The molecule has 0 fully saturated rings. The zero-order valence-electron chi connectivity index (χ0n) is 17.1. The lowest BCUT2D eigenvalue weighted by Crippen LogP contribution is -2.17. The van der Waals surface area contributed by atoms with E-state index in [1.165, 1.54) is 0 Å². The fourth-order valence-electron chi connectivity index (χ4n) is 3.18. The van der Waals surface area contributed by atoms with Crippen LogP contribution in [0.15, 0.2) is 6.07 Å². The molecule has 28 heavy (non-hydrogen) atoms. The third-order valence-corrected chi connectivity index (χ3v) is 4.23. The number of nitriles is 1. The van der Waals surface area contributed by atoms with Crippen LogP contribution in [0, 0.1) is 11.3 Å². The van der Waals surface area contributed by atoms with E-state index in [1.807, 2.05) is 55.7 Å². The largest absolute Gasteiger partial charge is 0.506 e. The fourth-order valence-corrected chi connectivity index (χ4v) is 3.18. The van der Waals surface area contributed by atoms with Crippen LogP contribution in [0.1, 0.15) is 34.1 Å². The zero-order valence-corrected chi connectivity index (χ0v) is 18.7. The number of carbonyl (C=O) groups is 1. The van der Waals surface area contributed by atoms with Crippen molar-refractivity contribution in [2.75, 3.05) is 34.8 Å². The summed E-state index contributed by atoms with van der Waals surface area (Å²) in [6, 6.07) is 3.67. The average molecular weight is 431 g/mol. The summed E-state index contributed by atoms with van der Waals surface area (Å²) in [5, 5.41) is 20.7. The molecule has 0 bridgehead atoms. The Hall–Kier alpha value is -1.98. The number of ether oxygens (including phenoxy) is 1. The number of nitrogens with zero attached hydrogens (tertiary/aromatic N) is 4. The number of hydrogen-bond acceptors (Lipinski definition) is 6. The van der Waals surface area contributed by atoms with Crippen LogP contribution in [0.3, 0.4) is 0 Å². The van der Waals surface area contributed by atoms with Gasteiger partial charge < -0.3 is 24.2 Å². The highest BCUT2D eigenvalue weighted by Crippen LogP contribution is 2.37. The van der Waals surface area contributed by atoms with Crippen LogP contribution in [0.25, 0.3) is 10.9 Å². The van der Waals surface area contributed by atoms with Crippen molar-refractivity contribution in [3.05, 3.63) is 28.5 Å². The third-order valence-electron chi connectivity index (χ3n) is 4.23. The smallest absolute Gasteiger partial charge is 0.340 e. The first kappa shape index (κ1) is 26.0. The van der Waals surface area contributed by atoms with E-state index in [0.717, 1.165) is 11.2 Å². The summed E-state index contributed by atoms with van der Waals surface area (Å²) < 4.78 is 7.20. The number of hydrogen-bond donors (Lipinski definition) is 1. The predicted molar refractivity (Wildman–Crippen MR) is 115 cm³/mol. The second-order valence-corrected chi connectivity index (χ2v) is 6.83. The Morgan fingerprint density at radius 2 is 1.79 bits per heavy atom. The van der Waals surface area contributed by atoms with E-state index in [0.29, 0.717) is 29.6 Å². The van der Waals surface area contributed by atoms with Gasteiger partial charge >= 0.3 is 5.97 Å². The number of rotatable bonds is 6. The molecule has 1 heterocycles. The van der Waals surface area contributed by atoms with Gasteiger partial charge in [-0.2, -0.15) is 5.26 Å². The SMILES string of the molecule is CCOC(=O)c1c(CN(C)C)n(C)c2cc(C#N)c(O)c(CN(C)C)c12.Cl.Cl. The Bertz CT molecular complexity index is 886. The monoisotopic (exact) mass is 430 g/mol. The first-order valence-corrected chi connectivity index (χ1v) is 8.45. The molecule has 0 saturated carbocycles. The van der Waals surface area contributed by atoms with Crippen molar-refractivity contribution >= 4 is 41.7 Å². The molecule has 156 valence electrons. The molecule has 1 aromatic carbocycles. The number of aromatic hydroxyl groups is 1. The van der Waals surface area contributed by atoms with Crippen LogP contribution in [0.2, 0.25) is 0 Å². The highest BCUT2D eigenvalue weighted by Gasteiger charge is 2.27. The van der Waals surface area contributed by atoms with Crippen LogP contribution in [0.5, 0.6) is 5.75 Å². The molecule has 0 saturated heterocycles. The van der Waals surface area contributed by atoms with Crippen molar-refractivity contribution in [3.8, 4) is 11.8 Å². The van der Waals surface area contributed by atoms with Crippen molar-refractivity contribution in [2.24, 2.45) is 7.05 Å². The Morgan fingerprint density at radius 1 is 1.21 bits per heavy atom.